The van der Waals surface area contributed by atoms with Crippen LogP contribution in [0.25, 0.3) is 0 Å². The van der Waals surface area contributed by atoms with Crippen molar-refractivity contribution in [1.29, 1.82) is 5.26 Å². The highest BCUT2D eigenvalue weighted by Crippen LogP contribution is 2.25. The number of pyridine rings is 1. The largest absolute Gasteiger partial charge is 0.353 e. The maximum atomic E-state index is 8.77. The standard InChI is InChI=1S/C11H13BrN4/c1-15-2-4-16(5-3-15)11-10(12)6-9(7-13)8-14-11/h6,8H,2-5H2,1H3. The van der Waals surface area contributed by atoms with Gasteiger partial charge in [-0.3, -0.25) is 0 Å². The van der Waals surface area contributed by atoms with Crippen LogP contribution in [0.1, 0.15) is 5.56 Å². The lowest BCUT2D eigenvalue weighted by molar-refractivity contribution is 0.312. The Hall–Kier alpha value is -1.12. The molecule has 0 saturated carbocycles. The summed E-state index contributed by atoms with van der Waals surface area (Å²) in [5.74, 6) is 0.937. The molecule has 0 N–H and O–H groups in total. The normalized spacial score (nSPS) is 17.2. The van der Waals surface area contributed by atoms with Crippen LogP contribution in [0.15, 0.2) is 16.7 Å². The lowest BCUT2D eigenvalue weighted by Gasteiger charge is -2.33. The van der Waals surface area contributed by atoms with Crippen LogP contribution in [0.3, 0.4) is 0 Å². The molecule has 0 atom stereocenters. The van der Waals surface area contributed by atoms with Crippen molar-refractivity contribution in [2.75, 3.05) is 38.1 Å². The Morgan fingerprint density at radius 3 is 2.62 bits per heavy atom. The SMILES string of the molecule is CN1CCN(c2ncc(C#N)cc2Br)CC1. The van der Waals surface area contributed by atoms with Crippen molar-refractivity contribution in [2.45, 2.75) is 0 Å². The van der Waals surface area contributed by atoms with Gasteiger partial charge in [-0.2, -0.15) is 5.26 Å². The Morgan fingerprint density at radius 1 is 1.38 bits per heavy atom. The number of aromatic nitrogens is 1. The first-order valence-corrected chi connectivity index (χ1v) is 5.99. The number of nitriles is 1. The number of rotatable bonds is 1. The van der Waals surface area contributed by atoms with Crippen LogP contribution >= 0.6 is 15.9 Å². The molecule has 1 aromatic heterocycles. The van der Waals surface area contributed by atoms with Crippen molar-refractivity contribution in [2.24, 2.45) is 0 Å². The highest BCUT2D eigenvalue weighted by Gasteiger charge is 2.17. The first kappa shape index (κ1) is 11.4. The van der Waals surface area contributed by atoms with Gasteiger partial charge in [-0.25, -0.2) is 4.98 Å². The van der Waals surface area contributed by atoms with Crippen LogP contribution in [0.5, 0.6) is 0 Å². The maximum absolute atomic E-state index is 8.77. The third-order valence-electron chi connectivity index (χ3n) is 2.75. The van der Waals surface area contributed by atoms with Gasteiger partial charge in [-0.05, 0) is 29.0 Å². The zero-order valence-corrected chi connectivity index (χ0v) is 10.7. The zero-order chi connectivity index (χ0) is 11.5. The van der Waals surface area contributed by atoms with E-state index in [1.807, 2.05) is 6.07 Å². The second-order valence-corrected chi connectivity index (χ2v) is 4.79. The van der Waals surface area contributed by atoms with E-state index in [0.29, 0.717) is 5.56 Å². The molecular formula is C11H13BrN4. The average molecular weight is 281 g/mol. The molecule has 0 aromatic carbocycles. The molecule has 2 rings (SSSR count). The van der Waals surface area contributed by atoms with Crippen LogP contribution in [0, 0.1) is 11.3 Å². The topological polar surface area (TPSA) is 43.2 Å². The van der Waals surface area contributed by atoms with E-state index in [-0.39, 0.29) is 0 Å². The first-order valence-electron chi connectivity index (χ1n) is 5.20. The second-order valence-electron chi connectivity index (χ2n) is 3.93. The Morgan fingerprint density at radius 2 is 2.06 bits per heavy atom. The Labute approximate surface area is 104 Å². The van der Waals surface area contributed by atoms with E-state index >= 15 is 0 Å². The van der Waals surface area contributed by atoms with Crippen LogP contribution in [0.2, 0.25) is 0 Å². The Kier molecular flexibility index (Phi) is 3.42. The predicted molar refractivity (Wildman–Crippen MR) is 66.4 cm³/mol. The second kappa shape index (κ2) is 4.81. The van der Waals surface area contributed by atoms with Crippen LogP contribution in [0.4, 0.5) is 5.82 Å². The molecule has 16 heavy (non-hydrogen) atoms. The van der Waals surface area contributed by atoms with Crippen molar-refractivity contribution in [1.82, 2.24) is 9.88 Å². The van der Waals surface area contributed by atoms with Crippen LogP contribution < -0.4 is 4.90 Å². The molecule has 4 nitrogen and oxygen atoms in total. The molecule has 1 saturated heterocycles. The fraction of sp³-hybridized carbons (Fsp3) is 0.455. The summed E-state index contributed by atoms with van der Waals surface area (Å²) in [5.41, 5.74) is 0.588. The van der Waals surface area contributed by atoms with Gasteiger partial charge in [0.05, 0.1) is 10.0 Å². The third-order valence-corrected chi connectivity index (χ3v) is 3.34. The summed E-state index contributed by atoms with van der Waals surface area (Å²) in [6.07, 6.45) is 1.62. The van der Waals surface area contributed by atoms with Gasteiger partial charge < -0.3 is 9.80 Å². The van der Waals surface area contributed by atoms with Gasteiger partial charge in [-0.15, -0.1) is 0 Å². The highest BCUT2D eigenvalue weighted by atomic mass is 79.9. The first-order chi connectivity index (χ1) is 7.70. The molecule has 84 valence electrons. The van der Waals surface area contributed by atoms with Crippen molar-refractivity contribution in [3.63, 3.8) is 0 Å². The van der Waals surface area contributed by atoms with Gasteiger partial charge in [-0.1, -0.05) is 0 Å². The van der Waals surface area contributed by atoms with Crippen molar-refractivity contribution in [3.05, 3.63) is 22.3 Å². The molecule has 0 amide bonds. The van der Waals surface area contributed by atoms with E-state index in [9.17, 15) is 0 Å². The van der Waals surface area contributed by atoms with E-state index in [4.69, 9.17) is 5.26 Å². The van der Waals surface area contributed by atoms with E-state index < -0.39 is 0 Å². The van der Waals surface area contributed by atoms with E-state index in [1.54, 1.807) is 6.20 Å². The Balaban J connectivity index is 2.18. The fourth-order valence-corrected chi connectivity index (χ4v) is 2.34. The highest BCUT2D eigenvalue weighted by molar-refractivity contribution is 9.10. The minimum Gasteiger partial charge on any atom is -0.353 e. The van der Waals surface area contributed by atoms with Crippen molar-refractivity contribution in [3.8, 4) is 6.07 Å². The van der Waals surface area contributed by atoms with Gasteiger partial charge in [0.1, 0.15) is 11.9 Å². The minimum atomic E-state index is 0.588. The number of hydrogen-bond donors (Lipinski definition) is 0. The van der Waals surface area contributed by atoms with Gasteiger partial charge in [0.25, 0.3) is 0 Å². The summed E-state index contributed by atoms with van der Waals surface area (Å²) in [6, 6.07) is 3.91. The van der Waals surface area contributed by atoms with Crippen molar-refractivity contribution >= 4 is 21.7 Å². The molecule has 1 aliphatic heterocycles. The maximum Gasteiger partial charge on any atom is 0.143 e. The van der Waals surface area contributed by atoms with Gasteiger partial charge in [0, 0.05) is 32.4 Å². The van der Waals surface area contributed by atoms with Crippen LogP contribution in [-0.2, 0) is 0 Å². The molecule has 2 heterocycles. The summed E-state index contributed by atoms with van der Waals surface area (Å²) in [5, 5.41) is 8.77. The smallest absolute Gasteiger partial charge is 0.143 e. The molecule has 0 spiro atoms. The molecule has 1 aliphatic rings. The molecular weight excluding hydrogens is 268 g/mol. The number of nitrogens with zero attached hydrogens (tertiary/aromatic N) is 4. The summed E-state index contributed by atoms with van der Waals surface area (Å²) >= 11 is 3.47. The predicted octanol–water partition coefficient (Wildman–Crippen LogP) is 1.47. The number of halogens is 1. The number of piperazine rings is 1. The molecule has 0 radical (unpaired) electrons. The number of hydrogen-bond acceptors (Lipinski definition) is 4. The molecule has 1 fully saturated rings. The van der Waals surface area contributed by atoms with Gasteiger partial charge in [0.15, 0.2) is 0 Å². The average Bonchev–Trinajstić information content (AvgIpc) is 2.30. The number of likely N-dealkylation sites (N-methyl/N-ethyl adjacent to an activating group) is 1. The summed E-state index contributed by atoms with van der Waals surface area (Å²) in [6.45, 7) is 4.06. The Bertz CT molecular complexity index is 418. The molecule has 0 unspecified atom stereocenters. The number of anilines is 1. The minimum absolute atomic E-state index is 0.588. The van der Waals surface area contributed by atoms with E-state index in [2.05, 4.69) is 43.8 Å². The van der Waals surface area contributed by atoms with E-state index in [0.717, 1.165) is 36.5 Å². The molecule has 0 bridgehead atoms. The van der Waals surface area contributed by atoms with E-state index in [1.165, 1.54) is 0 Å². The summed E-state index contributed by atoms with van der Waals surface area (Å²) in [7, 11) is 2.12. The fourth-order valence-electron chi connectivity index (χ4n) is 1.74. The third kappa shape index (κ3) is 2.34. The monoisotopic (exact) mass is 280 g/mol. The summed E-state index contributed by atoms with van der Waals surface area (Å²) in [4.78, 5) is 8.88. The van der Waals surface area contributed by atoms with Crippen molar-refractivity contribution < 1.29 is 0 Å². The van der Waals surface area contributed by atoms with Gasteiger partial charge in [0.2, 0.25) is 0 Å². The molecule has 0 aliphatic carbocycles. The lowest BCUT2D eigenvalue weighted by Crippen LogP contribution is -2.44. The lowest BCUT2D eigenvalue weighted by atomic mass is 10.3. The summed E-state index contributed by atoms with van der Waals surface area (Å²) < 4.78 is 0.899. The molecule has 1 aromatic rings. The van der Waals surface area contributed by atoms with Crippen LogP contribution in [-0.4, -0.2) is 43.1 Å². The quantitative estimate of drug-likeness (QED) is 0.782. The molecule has 5 heteroatoms. The van der Waals surface area contributed by atoms with Gasteiger partial charge >= 0.3 is 0 Å². The zero-order valence-electron chi connectivity index (χ0n) is 9.15.